The van der Waals surface area contributed by atoms with Crippen LogP contribution in [-0.2, 0) is 9.59 Å². The molecule has 5 nitrogen and oxygen atoms in total. The predicted octanol–water partition coefficient (Wildman–Crippen LogP) is 0.829. The van der Waals surface area contributed by atoms with Gasteiger partial charge in [-0.2, -0.15) is 0 Å². The molecule has 0 aromatic carbocycles. The summed E-state index contributed by atoms with van der Waals surface area (Å²) in [7, 11) is 0. The van der Waals surface area contributed by atoms with Gasteiger partial charge in [0, 0.05) is 32.0 Å². The lowest BCUT2D eigenvalue weighted by Crippen LogP contribution is -2.38. The van der Waals surface area contributed by atoms with Crippen LogP contribution >= 0.6 is 12.4 Å². The summed E-state index contributed by atoms with van der Waals surface area (Å²) in [5.74, 6) is 0.385. The van der Waals surface area contributed by atoms with Crippen molar-refractivity contribution in [1.29, 1.82) is 0 Å². The predicted molar refractivity (Wildman–Crippen MR) is 78.4 cm³/mol. The van der Waals surface area contributed by atoms with E-state index >= 15 is 0 Å². The lowest BCUT2D eigenvalue weighted by atomic mass is 10.1. The van der Waals surface area contributed by atoms with Gasteiger partial charge in [-0.3, -0.25) is 9.59 Å². The number of hydrogen-bond donors (Lipinski definition) is 3. The van der Waals surface area contributed by atoms with Crippen LogP contribution in [0.2, 0.25) is 0 Å². The smallest absolute Gasteiger partial charge is 0.221 e. The zero-order chi connectivity index (χ0) is 13.4. The first kappa shape index (κ1) is 18.2. The Kier molecular flexibility index (Phi) is 9.61. The van der Waals surface area contributed by atoms with E-state index in [9.17, 15) is 9.59 Å². The first-order valence-corrected chi connectivity index (χ1v) is 6.84. The molecule has 1 saturated heterocycles. The van der Waals surface area contributed by atoms with Gasteiger partial charge in [0.2, 0.25) is 11.8 Å². The van der Waals surface area contributed by atoms with E-state index in [1.54, 1.807) is 0 Å². The fourth-order valence-electron chi connectivity index (χ4n) is 2.01. The summed E-state index contributed by atoms with van der Waals surface area (Å²) in [4.78, 5) is 22.9. The van der Waals surface area contributed by atoms with Crippen LogP contribution in [0.4, 0.5) is 0 Å². The topological polar surface area (TPSA) is 70.2 Å². The van der Waals surface area contributed by atoms with Gasteiger partial charge in [-0.15, -0.1) is 12.4 Å². The second-order valence-corrected chi connectivity index (χ2v) is 5.30. The molecule has 1 unspecified atom stereocenters. The van der Waals surface area contributed by atoms with Gasteiger partial charge in [-0.1, -0.05) is 13.8 Å². The van der Waals surface area contributed by atoms with Gasteiger partial charge >= 0.3 is 0 Å². The van der Waals surface area contributed by atoms with Crippen LogP contribution < -0.4 is 16.0 Å². The number of nitrogens with one attached hydrogen (secondary N) is 3. The Morgan fingerprint density at radius 2 is 2.00 bits per heavy atom. The van der Waals surface area contributed by atoms with Crippen molar-refractivity contribution in [3.05, 3.63) is 0 Å². The summed E-state index contributed by atoms with van der Waals surface area (Å²) in [5.41, 5.74) is 0. The molecule has 0 spiro atoms. The molecule has 0 aliphatic carbocycles. The van der Waals surface area contributed by atoms with Gasteiger partial charge in [0.15, 0.2) is 0 Å². The third kappa shape index (κ3) is 8.83. The second-order valence-electron chi connectivity index (χ2n) is 5.30. The Bertz CT molecular complexity index is 279. The van der Waals surface area contributed by atoms with Gasteiger partial charge in [0.1, 0.15) is 0 Å². The molecule has 1 heterocycles. The van der Waals surface area contributed by atoms with Gasteiger partial charge in [0.05, 0.1) is 0 Å². The minimum absolute atomic E-state index is 0. The third-order valence-corrected chi connectivity index (χ3v) is 2.98. The maximum atomic E-state index is 11.5. The zero-order valence-corrected chi connectivity index (χ0v) is 12.6. The third-order valence-electron chi connectivity index (χ3n) is 2.98. The summed E-state index contributed by atoms with van der Waals surface area (Å²) in [6.07, 6.45) is 3.20. The van der Waals surface area contributed by atoms with E-state index < -0.39 is 0 Å². The molecule has 0 aromatic rings. The lowest BCUT2D eigenvalue weighted by Gasteiger charge is -2.11. The van der Waals surface area contributed by atoms with Crippen LogP contribution in [-0.4, -0.2) is 37.5 Å². The van der Waals surface area contributed by atoms with E-state index in [1.807, 2.05) is 13.8 Å². The summed E-state index contributed by atoms with van der Waals surface area (Å²) in [6.45, 7) is 6.17. The SMILES string of the molecule is CC(C)CC(=O)NCCC(=O)NCC1CCCN1.Cl. The summed E-state index contributed by atoms with van der Waals surface area (Å²) in [6, 6.07) is 0.421. The number of rotatable bonds is 7. The summed E-state index contributed by atoms with van der Waals surface area (Å²) >= 11 is 0. The standard InChI is InChI=1S/C13H25N3O2.ClH/c1-10(2)8-13(18)15-7-5-12(17)16-9-11-4-3-6-14-11;/h10-11,14H,3-9H2,1-2H3,(H,15,18)(H,16,17);1H. The molecule has 1 aliphatic heterocycles. The highest BCUT2D eigenvalue weighted by atomic mass is 35.5. The molecule has 112 valence electrons. The largest absolute Gasteiger partial charge is 0.356 e. The summed E-state index contributed by atoms with van der Waals surface area (Å²) in [5, 5.41) is 8.97. The molecule has 0 radical (unpaired) electrons. The number of hydrogen-bond acceptors (Lipinski definition) is 3. The normalized spacial score (nSPS) is 17.9. The first-order chi connectivity index (χ1) is 8.58. The molecule has 1 aliphatic rings. The van der Waals surface area contributed by atoms with E-state index in [0.29, 0.717) is 37.9 Å². The lowest BCUT2D eigenvalue weighted by molar-refractivity contribution is -0.122. The fraction of sp³-hybridized carbons (Fsp3) is 0.846. The van der Waals surface area contributed by atoms with Crippen molar-refractivity contribution >= 4 is 24.2 Å². The maximum Gasteiger partial charge on any atom is 0.221 e. The quantitative estimate of drug-likeness (QED) is 0.651. The van der Waals surface area contributed by atoms with Crippen molar-refractivity contribution in [2.45, 2.75) is 45.6 Å². The molecule has 0 aromatic heterocycles. The second kappa shape index (κ2) is 10.0. The molecule has 0 saturated carbocycles. The summed E-state index contributed by atoms with van der Waals surface area (Å²) < 4.78 is 0. The molecule has 19 heavy (non-hydrogen) atoms. The van der Waals surface area contributed by atoms with E-state index in [-0.39, 0.29) is 24.2 Å². The van der Waals surface area contributed by atoms with Crippen molar-refractivity contribution in [1.82, 2.24) is 16.0 Å². The van der Waals surface area contributed by atoms with E-state index in [2.05, 4.69) is 16.0 Å². The van der Waals surface area contributed by atoms with Gasteiger partial charge < -0.3 is 16.0 Å². The fourth-order valence-corrected chi connectivity index (χ4v) is 2.01. The van der Waals surface area contributed by atoms with E-state index in [0.717, 1.165) is 13.0 Å². The van der Waals surface area contributed by atoms with Gasteiger partial charge in [0.25, 0.3) is 0 Å². The average molecular weight is 292 g/mol. The minimum atomic E-state index is 0. The van der Waals surface area contributed by atoms with Crippen molar-refractivity contribution < 1.29 is 9.59 Å². The van der Waals surface area contributed by atoms with Crippen LogP contribution in [0.3, 0.4) is 0 Å². The first-order valence-electron chi connectivity index (χ1n) is 6.84. The molecule has 0 bridgehead atoms. The highest BCUT2D eigenvalue weighted by molar-refractivity contribution is 5.85. The molecule has 1 atom stereocenters. The molecule has 1 fully saturated rings. The highest BCUT2D eigenvalue weighted by Gasteiger charge is 2.14. The van der Waals surface area contributed by atoms with Crippen LogP contribution in [0, 0.1) is 5.92 Å². The Hall–Kier alpha value is -0.810. The molecule has 3 N–H and O–H groups in total. The van der Waals surface area contributed by atoms with E-state index in [4.69, 9.17) is 0 Å². The van der Waals surface area contributed by atoms with Crippen LogP contribution in [0.5, 0.6) is 0 Å². The Morgan fingerprint density at radius 3 is 2.58 bits per heavy atom. The van der Waals surface area contributed by atoms with Crippen molar-refractivity contribution in [2.24, 2.45) is 5.92 Å². The molecular formula is C13H26ClN3O2. The number of carbonyl (C=O) groups is 2. The van der Waals surface area contributed by atoms with Gasteiger partial charge in [-0.05, 0) is 25.3 Å². The van der Waals surface area contributed by atoms with Crippen LogP contribution in [0.25, 0.3) is 0 Å². The van der Waals surface area contributed by atoms with Crippen molar-refractivity contribution in [2.75, 3.05) is 19.6 Å². The Labute approximate surface area is 121 Å². The van der Waals surface area contributed by atoms with Crippen molar-refractivity contribution in [3.63, 3.8) is 0 Å². The Morgan fingerprint density at radius 1 is 1.26 bits per heavy atom. The number of halogens is 1. The van der Waals surface area contributed by atoms with Crippen LogP contribution in [0.15, 0.2) is 0 Å². The molecule has 1 rings (SSSR count). The highest BCUT2D eigenvalue weighted by Crippen LogP contribution is 2.03. The average Bonchev–Trinajstić information content (AvgIpc) is 2.78. The Balaban J connectivity index is 0.00000324. The number of amides is 2. The molecule has 6 heteroatoms. The number of carbonyl (C=O) groups excluding carboxylic acids is 2. The maximum absolute atomic E-state index is 11.5. The minimum Gasteiger partial charge on any atom is -0.356 e. The van der Waals surface area contributed by atoms with Gasteiger partial charge in [-0.25, -0.2) is 0 Å². The molecular weight excluding hydrogens is 266 g/mol. The van der Waals surface area contributed by atoms with Crippen LogP contribution in [0.1, 0.15) is 39.5 Å². The van der Waals surface area contributed by atoms with Crippen molar-refractivity contribution in [3.8, 4) is 0 Å². The van der Waals surface area contributed by atoms with E-state index in [1.165, 1.54) is 6.42 Å². The monoisotopic (exact) mass is 291 g/mol. The zero-order valence-electron chi connectivity index (χ0n) is 11.8. The molecule has 2 amide bonds.